The average molecular weight is 203 g/mol. The van der Waals surface area contributed by atoms with Gasteiger partial charge in [-0.15, -0.1) is 0 Å². The van der Waals surface area contributed by atoms with Gasteiger partial charge in [0.25, 0.3) is 0 Å². The maximum Gasteiger partial charge on any atom is 0.312 e. The molecular weight excluding hydrogens is 190 g/mol. The van der Waals surface area contributed by atoms with Crippen molar-refractivity contribution in [2.75, 3.05) is 0 Å². The number of piperidine rings is 1. The molecular formula is C8H13NO5. The van der Waals surface area contributed by atoms with E-state index in [1.807, 2.05) is 0 Å². The summed E-state index contributed by atoms with van der Waals surface area (Å²) in [7, 11) is 0. The summed E-state index contributed by atoms with van der Waals surface area (Å²) in [4.78, 5) is 10.8. The van der Waals surface area contributed by atoms with E-state index in [0.717, 1.165) is 0 Å². The van der Waals surface area contributed by atoms with Crippen LogP contribution in [-0.2, 0) is 4.79 Å². The molecule has 0 radical (unpaired) electrons. The van der Waals surface area contributed by atoms with Crippen molar-refractivity contribution in [3.63, 3.8) is 0 Å². The van der Waals surface area contributed by atoms with Crippen molar-refractivity contribution < 1.29 is 25.2 Å². The highest BCUT2D eigenvalue weighted by Gasteiger charge is 2.57. The van der Waals surface area contributed by atoms with Gasteiger partial charge in [0, 0.05) is 6.04 Å². The van der Waals surface area contributed by atoms with E-state index in [9.17, 15) is 20.1 Å². The van der Waals surface area contributed by atoms with Gasteiger partial charge in [0.2, 0.25) is 0 Å². The molecule has 0 unspecified atom stereocenters. The van der Waals surface area contributed by atoms with Crippen molar-refractivity contribution >= 4 is 5.97 Å². The molecule has 2 bridgehead atoms. The quantitative estimate of drug-likeness (QED) is 0.333. The van der Waals surface area contributed by atoms with Gasteiger partial charge in [-0.2, -0.15) is 0 Å². The number of carboxylic acids is 1. The third kappa shape index (κ3) is 1.15. The molecule has 2 fully saturated rings. The molecule has 80 valence electrons. The molecule has 0 aromatic rings. The van der Waals surface area contributed by atoms with Crippen molar-refractivity contribution in [3.8, 4) is 0 Å². The number of hydrogen-bond acceptors (Lipinski definition) is 5. The summed E-state index contributed by atoms with van der Waals surface area (Å²) in [5, 5.41) is 40.4. The fourth-order valence-corrected chi connectivity index (χ4v) is 2.35. The summed E-state index contributed by atoms with van der Waals surface area (Å²) in [5.74, 6) is -2.59. The first-order chi connectivity index (χ1) is 6.46. The smallest absolute Gasteiger partial charge is 0.312 e. The Morgan fingerprint density at radius 3 is 2.64 bits per heavy atom. The largest absolute Gasteiger partial charge is 0.481 e. The molecule has 6 nitrogen and oxygen atoms in total. The Morgan fingerprint density at radius 2 is 2.07 bits per heavy atom. The second-order valence-corrected chi connectivity index (χ2v) is 4.01. The molecule has 0 saturated carbocycles. The molecule has 5 N–H and O–H groups in total. The van der Waals surface area contributed by atoms with Gasteiger partial charge in [-0.25, -0.2) is 0 Å². The van der Waals surface area contributed by atoms with Crippen LogP contribution in [0, 0.1) is 5.92 Å². The lowest BCUT2D eigenvalue weighted by Crippen LogP contribution is -2.66. The lowest BCUT2D eigenvalue weighted by molar-refractivity contribution is -0.184. The molecule has 2 rings (SSSR count). The van der Waals surface area contributed by atoms with Crippen LogP contribution in [0.4, 0.5) is 0 Å². The summed E-state index contributed by atoms with van der Waals surface area (Å²) >= 11 is 0. The zero-order chi connectivity index (χ0) is 10.5. The monoisotopic (exact) mass is 203 g/mol. The van der Waals surface area contributed by atoms with E-state index in [-0.39, 0.29) is 6.42 Å². The molecule has 2 saturated heterocycles. The van der Waals surface area contributed by atoms with E-state index < -0.39 is 35.9 Å². The Labute approximate surface area is 80.2 Å². The number of carbonyl (C=O) groups is 1. The zero-order valence-corrected chi connectivity index (χ0v) is 7.42. The van der Waals surface area contributed by atoms with E-state index in [0.29, 0.717) is 6.42 Å². The van der Waals surface area contributed by atoms with Gasteiger partial charge in [0.05, 0.1) is 6.10 Å². The molecule has 0 aromatic carbocycles. The topological polar surface area (TPSA) is 110 Å². The first-order valence-electron chi connectivity index (χ1n) is 4.55. The lowest BCUT2D eigenvalue weighted by Gasteiger charge is -2.41. The number of rotatable bonds is 1. The van der Waals surface area contributed by atoms with Crippen LogP contribution in [0.2, 0.25) is 0 Å². The Bertz CT molecular complexity index is 270. The van der Waals surface area contributed by atoms with Crippen LogP contribution in [0.25, 0.3) is 0 Å². The van der Waals surface area contributed by atoms with E-state index in [2.05, 4.69) is 5.32 Å². The average Bonchev–Trinajstić information content (AvgIpc) is 2.44. The van der Waals surface area contributed by atoms with Crippen LogP contribution in [0.5, 0.6) is 0 Å². The van der Waals surface area contributed by atoms with Crippen LogP contribution >= 0.6 is 0 Å². The Kier molecular flexibility index (Phi) is 2.04. The van der Waals surface area contributed by atoms with Gasteiger partial charge < -0.3 is 20.4 Å². The summed E-state index contributed by atoms with van der Waals surface area (Å²) in [6.45, 7) is 0. The summed E-state index contributed by atoms with van der Waals surface area (Å²) in [6.07, 6.45) is -1.88. The minimum atomic E-state index is -1.55. The number of aliphatic hydroxyl groups is 3. The molecule has 2 aliphatic heterocycles. The number of fused-ring (bicyclic) bond motifs is 2. The highest BCUT2D eigenvalue weighted by atomic mass is 16.4. The highest BCUT2D eigenvalue weighted by molar-refractivity contribution is 5.72. The molecule has 5 atom stereocenters. The van der Waals surface area contributed by atoms with E-state index in [4.69, 9.17) is 5.11 Å². The molecule has 0 spiro atoms. The van der Waals surface area contributed by atoms with Gasteiger partial charge in [-0.05, 0) is 12.8 Å². The van der Waals surface area contributed by atoms with Crippen molar-refractivity contribution in [1.82, 2.24) is 5.32 Å². The SMILES string of the molecule is O=C(O)[C@H]1[C@H](O)[C@H]2CC[C@](O)(N2)[C@@H]1O. The Hall–Kier alpha value is -0.690. The highest BCUT2D eigenvalue weighted by Crippen LogP contribution is 2.37. The van der Waals surface area contributed by atoms with E-state index >= 15 is 0 Å². The van der Waals surface area contributed by atoms with Gasteiger partial charge >= 0.3 is 5.97 Å². The second kappa shape index (κ2) is 2.90. The van der Waals surface area contributed by atoms with Gasteiger partial charge in [-0.1, -0.05) is 0 Å². The number of aliphatic carboxylic acids is 1. The molecule has 0 aliphatic carbocycles. The Morgan fingerprint density at radius 1 is 1.43 bits per heavy atom. The molecule has 2 heterocycles. The van der Waals surface area contributed by atoms with Crippen molar-refractivity contribution in [2.24, 2.45) is 5.92 Å². The van der Waals surface area contributed by atoms with Gasteiger partial charge in [-0.3, -0.25) is 10.1 Å². The van der Waals surface area contributed by atoms with Crippen LogP contribution in [0.1, 0.15) is 12.8 Å². The number of hydrogen-bond donors (Lipinski definition) is 5. The van der Waals surface area contributed by atoms with Crippen LogP contribution in [0.3, 0.4) is 0 Å². The molecule has 6 heteroatoms. The fraction of sp³-hybridized carbons (Fsp3) is 0.875. The van der Waals surface area contributed by atoms with Crippen LogP contribution < -0.4 is 5.32 Å². The standard InChI is InChI=1S/C8H13NO5/c10-5-3-1-2-8(14,9-3)6(11)4(5)7(12)13/h3-6,9-11,14H,1-2H2,(H,12,13)/t3-,4+,5-,6-,8-/m1/s1. The van der Waals surface area contributed by atoms with Crippen molar-refractivity contribution in [1.29, 1.82) is 0 Å². The molecule has 14 heavy (non-hydrogen) atoms. The Balaban J connectivity index is 2.31. The predicted octanol–water partition coefficient (Wildman–Crippen LogP) is -2.14. The molecule has 0 amide bonds. The molecule has 0 aromatic heterocycles. The summed E-state index contributed by atoms with van der Waals surface area (Å²) in [5.41, 5.74) is -1.55. The molecule has 2 aliphatic rings. The third-order valence-electron chi connectivity index (χ3n) is 3.17. The second-order valence-electron chi connectivity index (χ2n) is 4.01. The minimum absolute atomic E-state index is 0.264. The summed E-state index contributed by atoms with van der Waals surface area (Å²) in [6, 6.07) is -0.440. The van der Waals surface area contributed by atoms with E-state index in [1.165, 1.54) is 0 Å². The van der Waals surface area contributed by atoms with Gasteiger partial charge in [0.1, 0.15) is 17.7 Å². The van der Waals surface area contributed by atoms with Crippen LogP contribution in [0.15, 0.2) is 0 Å². The van der Waals surface area contributed by atoms with Crippen molar-refractivity contribution in [3.05, 3.63) is 0 Å². The minimum Gasteiger partial charge on any atom is -0.481 e. The maximum atomic E-state index is 10.8. The van der Waals surface area contributed by atoms with E-state index in [1.54, 1.807) is 0 Å². The number of nitrogens with one attached hydrogen (secondary N) is 1. The zero-order valence-electron chi connectivity index (χ0n) is 7.42. The predicted molar refractivity (Wildman–Crippen MR) is 44.2 cm³/mol. The third-order valence-corrected chi connectivity index (χ3v) is 3.17. The number of carboxylic acid groups (broad SMARTS) is 1. The van der Waals surface area contributed by atoms with Crippen molar-refractivity contribution in [2.45, 2.75) is 36.8 Å². The maximum absolute atomic E-state index is 10.8. The first kappa shape index (κ1) is 9.85. The first-order valence-corrected chi connectivity index (χ1v) is 4.55. The normalized spacial score (nSPS) is 51.9. The fourth-order valence-electron chi connectivity index (χ4n) is 2.35. The van der Waals surface area contributed by atoms with Gasteiger partial charge in [0.15, 0.2) is 0 Å². The lowest BCUT2D eigenvalue weighted by atomic mass is 9.85. The van der Waals surface area contributed by atoms with Crippen LogP contribution in [-0.4, -0.2) is 50.4 Å². The summed E-state index contributed by atoms with van der Waals surface area (Å²) < 4.78 is 0. The number of aliphatic hydroxyl groups excluding tert-OH is 2.